The minimum atomic E-state index is -0.250. The maximum atomic E-state index is 12.9. The number of hydrogen-bond acceptors (Lipinski definition) is 7. The highest BCUT2D eigenvalue weighted by molar-refractivity contribution is 7.20. The molecule has 4 aromatic rings. The lowest BCUT2D eigenvalue weighted by atomic mass is 10.1. The molecular formula is C22H19N3O4S. The van der Waals surface area contributed by atoms with E-state index in [9.17, 15) is 4.79 Å². The Hall–Kier alpha value is -3.49. The number of fused-ring (bicyclic) bond motifs is 1. The number of rotatable bonds is 7. The monoisotopic (exact) mass is 421 g/mol. The minimum absolute atomic E-state index is 0.165. The summed E-state index contributed by atoms with van der Waals surface area (Å²) in [6.45, 7) is 0.165. The molecule has 0 unspecified atom stereocenters. The van der Waals surface area contributed by atoms with Gasteiger partial charge >= 0.3 is 0 Å². The van der Waals surface area contributed by atoms with Crippen LogP contribution in [0.15, 0.2) is 60.8 Å². The van der Waals surface area contributed by atoms with Crippen LogP contribution in [0.25, 0.3) is 21.3 Å². The number of thiophene rings is 1. The maximum Gasteiger partial charge on any atom is 0.266 e. The number of carbonyl (C=O) groups is 1. The highest BCUT2D eigenvalue weighted by Crippen LogP contribution is 2.30. The minimum Gasteiger partial charge on any atom is -0.480 e. The Balaban J connectivity index is 1.63. The van der Waals surface area contributed by atoms with Crippen LogP contribution in [0.4, 0.5) is 5.82 Å². The van der Waals surface area contributed by atoms with Crippen LogP contribution in [0, 0.1) is 0 Å². The molecule has 0 atom stereocenters. The third-order valence-electron chi connectivity index (χ3n) is 4.31. The number of nitrogens with zero attached hydrogens (tertiary/aromatic N) is 2. The first kappa shape index (κ1) is 19.8. The van der Waals surface area contributed by atoms with Gasteiger partial charge in [-0.15, -0.1) is 11.3 Å². The van der Waals surface area contributed by atoms with Crippen molar-refractivity contribution in [1.29, 1.82) is 0 Å². The van der Waals surface area contributed by atoms with E-state index >= 15 is 0 Å². The lowest BCUT2D eigenvalue weighted by Crippen LogP contribution is -2.13. The highest BCUT2D eigenvalue weighted by atomic mass is 32.1. The standard InChI is InChI=1S/C22H19N3O4S/c1-27-13-29-16-9-7-14(8-10-16)20-21(24-19(28-2)12-23-20)25-22(26)18-11-15-5-3-4-6-17(15)30-18/h3-12H,13H2,1-2H3,(H,24,25,26). The Morgan fingerprint density at radius 2 is 1.90 bits per heavy atom. The molecule has 4 rings (SSSR count). The first-order valence-corrected chi connectivity index (χ1v) is 9.92. The van der Waals surface area contributed by atoms with Crippen LogP contribution < -0.4 is 14.8 Å². The van der Waals surface area contributed by atoms with Gasteiger partial charge in [0.2, 0.25) is 5.88 Å². The number of hydrogen-bond donors (Lipinski definition) is 1. The van der Waals surface area contributed by atoms with E-state index in [1.807, 2.05) is 42.5 Å². The summed E-state index contributed by atoms with van der Waals surface area (Å²) in [5, 5.41) is 3.90. The van der Waals surface area contributed by atoms with E-state index in [1.54, 1.807) is 19.2 Å². The Bertz CT molecular complexity index is 1140. The molecular weight excluding hydrogens is 402 g/mol. The van der Waals surface area contributed by atoms with Crippen molar-refractivity contribution in [1.82, 2.24) is 9.97 Å². The fraction of sp³-hybridized carbons (Fsp3) is 0.136. The number of methoxy groups -OCH3 is 2. The molecule has 0 saturated heterocycles. The van der Waals surface area contributed by atoms with E-state index < -0.39 is 0 Å². The second kappa shape index (κ2) is 8.89. The molecule has 0 spiro atoms. The number of anilines is 1. The molecule has 0 aliphatic carbocycles. The number of ether oxygens (including phenoxy) is 3. The van der Waals surface area contributed by atoms with Crippen LogP contribution in [-0.4, -0.2) is 36.9 Å². The predicted octanol–water partition coefficient (Wildman–Crippen LogP) is 4.60. The highest BCUT2D eigenvalue weighted by Gasteiger charge is 2.16. The van der Waals surface area contributed by atoms with Gasteiger partial charge in [0, 0.05) is 17.4 Å². The van der Waals surface area contributed by atoms with Crippen molar-refractivity contribution in [2.75, 3.05) is 26.3 Å². The molecule has 152 valence electrons. The first-order valence-electron chi connectivity index (χ1n) is 9.11. The Morgan fingerprint density at radius 1 is 1.10 bits per heavy atom. The van der Waals surface area contributed by atoms with Crippen molar-refractivity contribution in [3.63, 3.8) is 0 Å². The van der Waals surface area contributed by atoms with Gasteiger partial charge in [0.15, 0.2) is 12.6 Å². The quantitative estimate of drug-likeness (QED) is 0.439. The van der Waals surface area contributed by atoms with Gasteiger partial charge in [0.1, 0.15) is 11.4 Å². The van der Waals surface area contributed by atoms with Crippen molar-refractivity contribution in [3.8, 4) is 22.9 Å². The third-order valence-corrected chi connectivity index (χ3v) is 5.43. The van der Waals surface area contributed by atoms with Gasteiger partial charge in [-0.25, -0.2) is 4.98 Å². The maximum absolute atomic E-state index is 12.9. The Morgan fingerprint density at radius 3 is 2.63 bits per heavy atom. The predicted molar refractivity (Wildman–Crippen MR) is 116 cm³/mol. The molecule has 7 nitrogen and oxygen atoms in total. The molecule has 0 bridgehead atoms. The summed E-state index contributed by atoms with van der Waals surface area (Å²) in [5.41, 5.74) is 1.31. The lowest BCUT2D eigenvalue weighted by Gasteiger charge is -2.11. The van der Waals surface area contributed by atoms with E-state index in [-0.39, 0.29) is 12.7 Å². The molecule has 2 aromatic carbocycles. The first-order chi connectivity index (χ1) is 14.7. The summed E-state index contributed by atoms with van der Waals surface area (Å²) < 4.78 is 16.6. The number of nitrogens with one attached hydrogen (secondary N) is 1. The molecule has 0 fully saturated rings. The van der Waals surface area contributed by atoms with Crippen LogP contribution in [0.5, 0.6) is 11.6 Å². The molecule has 8 heteroatoms. The zero-order valence-corrected chi connectivity index (χ0v) is 17.2. The second-order valence-electron chi connectivity index (χ2n) is 6.29. The third kappa shape index (κ3) is 4.24. The summed E-state index contributed by atoms with van der Waals surface area (Å²) in [5.74, 6) is 1.05. The van der Waals surface area contributed by atoms with Gasteiger partial charge < -0.3 is 19.5 Å². The average molecular weight is 421 g/mol. The molecule has 30 heavy (non-hydrogen) atoms. The van der Waals surface area contributed by atoms with Crippen molar-refractivity contribution in [3.05, 3.63) is 65.7 Å². The van der Waals surface area contributed by atoms with Gasteiger partial charge in [-0.3, -0.25) is 4.79 Å². The molecule has 2 aromatic heterocycles. The van der Waals surface area contributed by atoms with Crippen LogP contribution in [0.2, 0.25) is 0 Å². The van der Waals surface area contributed by atoms with Crippen LogP contribution >= 0.6 is 11.3 Å². The fourth-order valence-corrected chi connectivity index (χ4v) is 3.83. The van der Waals surface area contributed by atoms with Crippen LogP contribution in [-0.2, 0) is 4.74 Å². The Kier molecular flexibility index (Phi) is 5.87. The van der Waals surface area contributed by atoms with Gasteiger partial charge in [-0.2, -0.15) is 4.98 Å². The van der Waals surface area contributed by atoms with Crippen molar-refractivity contribution >= 4 is 33.1 Å². The second-order valence-corrected chi connectivity index (χ2v) is 7.37. The van der Waals surface area contributed by atoms with Crippen molar-refractivity contribution in [2.45, 2.75) is 0 Å². The molecule has 0 aliphatic rings. The molecule has 0 saturated carbocycles. The number of benzene rings is 2. The molecule has 1 amide bonds. The van der Waals surface area contributed by atoms with Gasteiger partial charge in [-0.1, -0.05) is 18.2 Å². The summed E-state index contributed by atoms with van der Waals surface area (Å²) in [6, 6.07) is 17.0. The summed E-state index contributed by atoms with van der Waals surface area (Å²) in [6.07, 6.45) is 1.51. The summed E-state index contributed by atoms with van der Waals surface area (Å²) in [7, 11) is 3.07. The van der Waals surface area contributed by atoms with Gasteiger partial charge in [-0.05, 0) is 41.8 Å². The molecule has 2 heterocycles. The fourth-order valence-electron chi connectivity index (χ4n) is 2.87. The smallest absolute Gasteiger partial charge is 0.266 e. The number of aromatic nitrogens is 2. The van der Waals surface area contributed by atoms with Crippen LogP contribution in [0.3, 0.4) is 0 Å². The SMILES string of the molecule is COCOc1ccc(-c2ncc(OC)nc2NC(=O)c2cc3ccccc3s2)cc1. The summed E-state index contributed by atoms with van der Waals surface area (Å²) in [4.78, 5) is 22.3. The van der Waals surface area contributed by atoms with E-state index in [0.717, 1.165) is 15.6 Å². The van der Waals surface area contributed by atoms with Gasteiger partial charge in [0.05, 0.1) is 18.2 Å². The van der Waals surface area contributed by atoms with Crippen LogP contribution in [0.1, 0.15) is 9.67 Å². The topological polar surface area (TPSA) is 82.6 Å². The van der Waals surface area contributed by atoms with Crippen molar-refractivity contribution < 1.29 is 19.0 Å². The van der Waals surface area contributed by atoms with E-state index in [1.165, 1.54) is 24.6 Å². The summed E-state index contributed by atoms with van der Waals surface area (Å²) >= 11 is 1.43. The average Bonchev–Trinajstić information content (AvgIpc) is 3.22. The normalized spacial score (nSPS) is 10.7. The zero-order valence-electron chi connectivity index (χ0n) is 16.4. The zero-order chi connectivity index (χ0) is 20.9. The van der Waals surface area contributed by atoms with Gasteiger partial charge in [0.25, 0.3) is 5.91 Å². The number of amides is 1. The molecule has 0 aliphatic heterocycles. The molecule has 1 N–H and O–H groups in total. The Labute approximate surface area is 177 Å². The van der Waals surface area contributed by atoms with E-state index in [2.05, 4.69) is 15.3 Å². The largest absolute Gasteiger partial charge is 0.480 e. The lowest BCUT2D eigenvalue weighted by molar-refractivity contribution is 0.0511. The number of carbonyl (C=O) groups excluding carboxylic acids is 1. The molecule has 0 radical (unpaired) electrons. The van der Waals surface area contributed by atoms with E-state index in [4.69, 9.17) is 14.2 Å². The van der Waals surface area contributed by atoms with E-state index in [0.29, 0.717) is 28.0 Å². The van der Waals surface area contributed by atoms with Crippen molar-refractivity contribution in [2.24, 2.45) is 0 Å².